The average molecular weight is 445 g/mol. The van der Waals surface area contributed by atoms with Crippen molar-refractivity contribution in [3.63, 3.8) is 0 Å². The van der Waals surface area contributed by atoms with Crippen LogP contribution < -0.4 is 19.5 Å². The van der Waals surface area contributed by atoms with Gasteiger partial charge in [0.2, 0.25) is 5.82 Å². The van der Waals surface area contributed by atoms with Crippen molar-refractivity contribution in [1.82, 2.24) is 15.5 Å². The Hall–Kier alpha value is -4.33. The van der Waals surface area contributed by atoms with E-state index in [1.54, 1.807) is 44.6 Å². The van der Waals surface area contributed by atoms with E-state index in [1.807, 2.05) is 42.5 Å². The van der Waals surface area contributed by atoms with Gasteiger partial charge in [0.15, 0.2) is 18.1 Å². The Kier molecular flexibility index (Phi) is 6.84. The molecule has 0 saturated heterocycles. The normalized spacial score (nSPS) is 10.5. The second-order valence-electron chi connectivity index (χ2n) is 7.03. The Balaban J connectivity index is 1.31. The molecule has 0 spiro atoms. The SMILES string of the molecule is COc1cccc(CNC(=O)COc2ccc(-c3nc(-c4ccccc4)no3)cc2)c1OC. The molecule has 0 radical (unpaired) electrons. The second-order valence-corrected chi connectivity index (χ2v) is 7.03. The molecule has 168 valence electrons. The number of amides is 1. The predicted molar refractivity (Wildman–Crippen MR) is 122 cm³/mol. The summed E-state index contributed by atoms with van der Waals surface area (Å²) in [5.41, 5.74) is 2.45. The first-order valence-electron chi connectivity index (χ1n) is 10.3. The molecule has 1 aromatic heterocycles. The average Bonchev–Trinajstić information content (AvgIpc) is 3.37. The number of carbonyl (C=O) groups excluding carboxylic acids is 1. The number of hydrogen-bond donors (Lipinski definition) is 1. The van der Waals surface area contributed by atoms with Crippen LogP contribution in [0.2, 0.25) is 0 Å². The fourth-order valence-corrected chi connectivity index (χ4v) is 3.23. The number of nitrogens with one attached hydrogen (secondary N) is 1. The number of methoxy groups -OCH3 is 2. The van der Waals surface area contributed by atoms with Crippen LogP contribution in [-0.4, -0.2) is 36.9 Å². The van der Waals surface area contributed by atoms with E-state index in [1.165, 1.54) is 0 Å². The van der Waals surface area contributed by atoms with E-state index < -0.39 is 0 Å². The van der Waals surface area contributed by atoms with Crippen LogP contribution in [0.15, 0.2) is 77.3 Å². The molecule has 0 fully saturated rings. The zero-order valence-corrected chi connectivity index (χ0v) is 18.3. The van der Waals surface area contributed by atoms with E-state index in [0.717, 1.165) is 16.7 Å². The predicted octanol–water partition coefficient (Wildman–Crippen LogP) is 4.12. The molecule has 0 aliphatic heterocycles. The molecule has 1 N–H and O–H groups in total. The molecule has 1 heterocycles. The highest BCUT2D eigenvalue weighted by molar-refractivity contribution is 5.77. The number of benzene rings is 3. The summed E-state index contributed by atoms with van der Waals surface area (Å²) in [4.78, 5) is 16.7. The molecular formula is C25H23N3O5. The molecule has 0 bridgehead atoms. The number of aromatic nitrogens is 2. The van der Waals surface area contributed by atoms with E-state index in [2.05, 4.69) is 15.5 Å². The number of para-hydroxylation sites is 1. The maximum Gasteiger partial charge on any atom is 0.258 e. The summed E-state index contributed by atoms with van der Waals surface area (Å²) in [6, 6.07) is 22.2. The quantitative estimate of drug-likeness (QED) is 0.414. The Morgan fingerprint density at radius 2 is 1.70 bits per heavy atom. The molecule has 33 heavy (non-hydrogen) atoms. The number of rotatable bonds is 9. The molecule has 0 atom stereocenters. The highest BCUT2D eigenvalue weighted by Crippen LogP contribution is 2.30. The molecule has 1 amide bonds. The van der Waals surface area contributed by atoms with Crippen molar-refractivity contribution in [3.8, 4) is 40.1 Å². The monoisotopic (exact) mass is 445 g/mol. The first-order valence-corrected chi connectivity index (χ1v) is 10.3. The lowest BCUT2D eigenvalue weighted by Gasteiger charge is -2.13. The van der Waals surface area contributed by atoms with Gasteiger partial charge in [0.05, 0.1) is 14.2 Å². The van der Waals surface area contributed by atoms with Crippen molar-refractivity contribution in [2.24, 2.45) is 0 Å². The number of ether oxygens (including phenoxy) is 3. The third kappa shape index (κ3) is 5.30. The van der Waals surface area contributed by atoms with E-state index in [0.29, 0.717) is 35.5 Å². The van der Waals surface area contributed by atoms with E-state index in [-0.39, 0.29) is 12.5 Å². The number of hydrogen-bond acceptors (Lipinski definition) is 7. The van der Waals surface area contributed by atoms with Gasteiger partial charge in [-0.05, 0) is 30.3 Å². The molecule has 0 aliphatic rings. The molecule has 0 saturated carbocycles. The molecule has 3 aromatic carbocycles. The minimum atomic E-state index is -0.256. The first-order chi connectivity index (χ1) is 16.2. The lowest BCUT2D eigenvalue weighted by Crippen LogP contribution is -2.28. The largest absolute Gasteiger partial charge is 0.493 e. The van der Waals surface area contributed by atoms with Gasteiger partial charge in [-0.1, -0.05) is 47.6 Å². The van der Waals surface area contributed by atoms with Crippen LogP contribution in [0.4, 0.5) is 0 Å². The molecule has 0 unspecified atom stereocenters. The Morgan fingerprint density at radius 3 is 2.42 bits per heavy atom. The molecular weight excluding hydrogens is 422 g/mol. The third-order valence-electron chi connectivity index (χ3n) is 4.89. The zero-order valence-electron chi connectivity index (χ0n) is 18.3. The minimum Gasteiger partial charge on any atom is -0.493 e. The molecule has 8 nitrogen and oxygen atoms in total. The molecule has 4 aromatic rings. The summed E-state index contributed by atoms with van der Waals surface area (Å²) in [6.45, 7) is 0.173. The highest BCUT2D eigenvalue weighted by Gasteiger charge is 2.12. The maximum atomic E-state index is 12.2. The van der Waals surface area contributed by atoms with Crippen LogP contribution >= 0.6 is 0 Å². The van der Waals surface area contributed by atoms with Gasteiger partial charge in [-0.25, -0.2) is 0 Å². The summed E-state index contributed by atoms with van der Waals surface area (Å²) in [7, 11) is 3.13. The van der Waals surface area contributed by atoms with Crippen molar-refractivity contribution < 1.29 is 23.5 Å². The van der Waals surface area contributed by atoms with Crippen LogP contribution in [-0.2, 0) is 11.3 Å². The third-order valence-corrected chi connectivity index (χ3v) is 4.89. The Morgan fingerprint density at radius 1 is 0.909 bits per heavy atom. The van der Waals surface area contributed by atoms with Crippen molar-refractivity contribution in [3.05, 3.63) is 78.4 Å². The van der Waals surface area contributed by atoms with Crippen molar-refractivity contribution >= 4 is 5.91 Å². The van der Waals surface area contributed by atoms with Gasteiger partial charge in [-0.3, -0.25) is 4.79 Å². The fraction of sp³-hybridized carbons (Fsp3) is 0.160. The minimum absolute atomic E-state index is 0.121. The first kappa shape index (κ1) is 21.9. The van der Waals surface area contributed by atoms with Crippen molar-refractivity contribution in [2.75, 3.05) is 20.8 Å². The van der Waals surface area contributed by atoms with Gasteiger partial charge >= 0.3 is 0 Å². The van der Waals surface area contributed by atoms with Crippen molar-refractivity contribution in [1.29, 1.82) is 0 Å². The van der Waals surface area contributed by atoms with Crippen LogP contribution in [0.3, 0.4) is 0 Å². The van der Waals surface area contributed by atoms with Gasteiger partial charge in [0, 0.05) is 23.2 Å². The van der Waals surface area contributed by atoms with Gasteiger partial charge in [-0.2, -0.15) is 4.98 Å². The lowest BCUT2D eigenvalue weighted by atomic mass is 10.2. The van der Waals surface area contributed by atoms with Crippen LogP contribution in [0.1, 0.15) is 5.56 Å². The summed E-state index contributed by atoms with van der Waals surface area (Å²) in [6.07, 6.45) is 0. The van der Waals surface area contributed by atoms with Gasteiger partial charge < -0.3 is 24.1 Å². The Labute approximate surface area is 191 Å². The van der Waals surface area contributed by atoms with E-state index >= 15 is 0 Å². The van der Waals surface area contributed by atoms with Gasteiger partial charge in [0.25, 0.3) is 11.8 Å². The topological polar surface area (TPSA) is 95.7 Å². The van der Waals surface area contributed by atoms with Crippen LogP contribution in [0.25, 0.3) is 22.8 Å². The molecule has 0 aliphatic carbocycles. The molecule has 4 rings (SSSR count). The van der Waals surface area contributed by atoms with Gasteiger partial charge in [0.1, 0.15) is 5.75 Å². The highest BCUT2D eigenvalue weighted by atomic mass is 16.5. The fourth-order valence-electron chi connectivity index (χ4n) is 3.23. The number of carbonyl (C=O) groups is 1. The standard InChI is InChI=1S/C25H23N3O5/c1-30-21-10-6-9-19(23(21)31-2)15-26-22(29)16-32-20-13-11-18(12-14-20)25-27-24(28-33-25)17-7-4-3-5-8-17/h3-14H,15-16H2,1-2H3,(H,26,29). The van der Waals surface area contributed by atoms with Crippen LogP contribution in [0.5, 0.6) is 17.2 Å². The van der Waals surface area contributed by atoms with Crippen molar-refractivity contribution in [2.45, 2.75) is 6.54 Å². The zero-order chi connectivity index (χ0) is 23.0. The smallest absolute Gasteiger partial charge is 0.258 e. The summed E-state index contributed by atoms with van der Waals surface area (Å²) >= 11 is 0. The molecule has 8 heteroatoms. The lowest BCUT2D eigenvalue weighted by molar-refractivity contribution is -0.123. The van der Waals surface area contributed by atoms with Crippen LogP contribution in [0, 0.1) is 0 Å². The van der Waals surface area contributed by atoms with Gasteiger partial charge in [-0.15, -0.1) is 0 Å². The Bertz CT molecular complexity index is 1210. The summed E-state index contributed by atoms with van der Waals surface area (Å²) in [5.74, 6) is 2.43. The van der Waals surface area contributed by atoms with E-state index in [4.69, 9.17) is 18.7 Å². The number of nitrogens with zero attached hydrogens (tertiary/aromatic N) is 2. The summed E-state index contributed by atoms with van der Waals surface area (Å²) < 4.78 is 21.6. The van der Waals surface area contributed by atoms with E-state index in [9.17, 15) is 4.79 Å². The maximum absolute atomic E-state index is 12.2. The summed E-state index contributed by atoms with van der Waals surface area (Å²) in [5, 5.41) is 6.84. The second kappa shape index (κ2) is 10.3.